The van der Waals surface area contributed by atoms with E-state index in [0.29, 0.717) is 12.2 Å². The lowest BCUT2D eigenvalue weighted by Crippen LogP contribution is -2.16. The van der Waals surface area contributed by atoms with Crippen molar-refractivity contribution in [2.75, 3.05) is 13.7 Å². The summed E-state index contributed by atoms with van der Waals surface area (Å²) >= 11 is 0. The van der Waals surface area contributed by atoms with Crippen LogP contribution in [0.2, 0.25) is 0 Å². The first-order valence-corrected chi connectivity index (χ1v) is 4.53. The highest BCUT2D eigenvalue weighted by atomic mass is 16.5. The van der Waals surface area contributed by atoms with Gasteiger partial charge in [0.15, 0.2) is 5.78 Å². The molecule has 0 aromatic heterocycles. The Balaban J connectivity index is 5.01. The standard InChI is InChI=1S/C10H16O4/c1-5-8(13-4)9(7(3)11)10(12)14-6-2/h5-6H2,1-4H3/b9-8-. The van der Waals surface area contributed by atoms with Crippen molar-refractivity contribution in [1.82, 2.24) is 0 Å². The molecule has 4 heteroatoms. The van der Waals surface area contributed by atoms with Gasteiger partial charge in [-0.2, -0.15) is 0 Å². The highest BCUT2D eigenvalue weighted by Gasteiger charge is 2.20. The van der Waals surface area contributed by atoms with Gasteiger partial charge < -0.3 is 9.47 Å². The maximum atomic E-state index is 11.4. The van der Waals surface area contributed by atoms with E-state index in [1.165, 1.54) is 14.0 Å². The maximum absolute atomic E-state index is 11.4. The molecule has 0 aromatic carbocycles. The van der Waals surface area contributed by atoms with Gasteiger partial charge in [-0.25, -0.2) is 4.79 Å². The van der Waals surface area contributed by atoms with Gasteiger partial charge >= 0.3 is 5.97 Å². The first-order valence-electron chi connectivity index (χ1n) is 4.53. The highest BCUT2D eigenvalue weighted by Crippen LogP contribution is 2.12. The van der Waals surface area contributed by atoms with Gasteiger partial charge in [0.05, 0.1) is 13.7 Å². The van der Waals surface area contributed by atoms with Crippen LogP contribution in [-0.2, 0) is 19.1 Å². The zero-order chi connectivity index (χ0) is 11.1. The van der Waals surface area contributed by atoms with E-state index in [4.69, 9.17) is 9.47 Å². The molecule has 0 saturated heterocycles. The number of hydrogen-bond donors (Lipinski definition) is 0. The van der Waals surface area contributed by atoms with Gasteiger partial charge in [0.2, 0.25) is 0 Å². The highest BCUT2D eigenvalue weighted by molar-refractivity contribution is 6.16. The van der Waals surface area contributed by atoms with E-state index in [0.717, 1.165) is 0 Å². The molecule has 0 amide bonds. The number of rotatable bonds is 5. The summed E-state index contributed by atoms with van der Waals surface area (Å²) in [6.45, 7) is 5.06. The molecule has 0 aliphatic rings. The second kappa shape index (κ2) is 6.18. The molecule has 4 nitrogen and oxygen atoms in total. The van der Waals surface area contributed by atoms with Gasteiger partial charge in [0, 0.05) is 6.42 Å². The fraction of sp³-hybridized carbons (Fsp3) is 0.600. The Morgan fingerprint density at radius 3 is 2.07 bits per heavy atom. The number of Topliss-reactive ketones (excluding diaryl/α,β-unsaturated/α-hetero) is 1. The first-order chi connectivity index (χ1) is 6.58. The van der Waals surface area contributed by atoms with Crippen molar-refractivity contribution in [2.45, 2.75) is 27.2 Å². The molecule has 0 N–H and O–H groups in total. The van der Waals surface area contributed by atoms with Crippen LogP contribution in [-0.4, -0.2) is 25.5 Å². The molecule has 0 aliphatic heterocycles. The summed E-state index contributed by atoms with van der Waals surface area (Å²) in [6, 6.07) is 0. The van der Waals surface area contributed by atoms with E-state index in [9.17, 15) is 9.59 Å². The average molecular weight is 200 g/mol. The SMILES string of the molecule is CCOC(=O)/C(C(C)=O)=C(/CC)OC. The van der Waals surface area contributed by atoms with Crippen LogP contribution in [0.3, 0.4) is 0 Å². The minimum atomic E-state index is -0.612. The molecule has 0 spiro atoms. The van der Waals surface area contributed by atoms with Gasteiger partial charge in [-0.15, -0.1) is 0 Å². The van der Waals surface area contributed by atoms with Crippen LogP contribution < -0.4 is 0 Å². The Kier molecular flexibility index (Phi) is 5.60. The van der Waals surface area contributed by atoms with Crippen molar-refractivity contribution in [2.24, 2.45) is 0 Å². The number of methoxy groups -OCH3 is 1. The topological polar surface area (TPSA) is 52.6 Å². The molecule has 0 aromatic rings. The zero-order valence-corrected chi connectivity index (χ0v) is 9.05. The molecule has 14 heavy (non-hydrogen) atoms. The van der Waals surface area contributed by atoms with Crippen molar-refractivity contribution in [1.29, 1.82) is 0 Å². The largest absolute Gasteiger partial charge is 0.500 e. The summed E-state index contributed by atoms with van der Waals surface area (Å²) in [5, 5.41) is 0. The smallest absolute Gasteiger partial charge is 0.345 e. The maximum Gasteiger partial charge on any atom is 0.345 e. The lowest BCUT2D eigenvalue weighted by molar-refractivity contribution is -0.140. The van der Waals surface area contributed by atoms with Crippen LogP contribution in [0.1, 0.15) is 27.2 Å². The van der Waals surface area contributed by atoms with Crippen molar-refractivity contribution in [3.05, 3.63) is 11.3 Å². The van der Waals surface area contributed by atoms with Gasteiger partial charge in [0.1, 0.15) is 11.3 Å². The Morgan fingerprint density at radius 1 is 1.21 bits per heavy atom. The van der Waals surface area contributed by atoms with Crippen molar-refractivity contribution >= 4 is 11.8 Å². The summed E-state index contributed by atoms with van der Waals surface area (Å²) in [4.78, 5) is 22.5. The molecule has 0 unspecified atom stereocenters. The second-order valence-corrected chi connectivity index (χ2v) is 2.63. The third-order valence-corrected chi connectivity index (χ3v) is 1.68. The Morgan fingerprint density at radius 2 is 1.79 bits per heavy atom. The second-order valence-electron chi connectivity index (χ2n) is 2.63. The number of allylic oxidation sites excluding steroid dienone is 1. The minimum absolute atomic E-state index is 0.0110. The predicted molar refractivity (Wildman–Crippen MR) is 51.6 cm³/mol. The summed E-state index contributed by atoms with van der Waals surface area (Å²) in [7, 11) is 1.43. The van der Waals surface area contributed by atoms with Crippen LogP contribution in [0, 0.1) is 0 Å². The lowest BCUT2D eigenvalue weighted by Gasteiger charge is -2.09. The van der Waals surface area contributed by atoms with E-state index in [1.807, 2.05) is 0 Å². The summed E-state index contributed by atoms with van der Waals surface area (Å²) in [5.41, 5.74) is 0.0110. The van der Waals surface area contributed by atoms with Gasteiger partial charge in [-0.3, -0.25) is 4.79 Å². The average Bonchev–Trinajstić information content (AvgIpc) is 2.13. The Labute approximate surface area is 83.9 Å². The molecule has 0 aliphatic carbocycles. The van der Waals surface area contributed by atoms with Crippen molar-refractivity contribution < 1.29 is 19.1 Å². The first kappa shape index (κ1) is 12.7. The summed E-state index contributed by atoms with van der Waals surface area (Å²) < 4.78 is 9.70. The number of ketones is 1. The van der Waals surface area contributed by atoms with E-state index in [-0.39, 0.29) is 18.0 Å². The van der Waals surface area contributed by atoms with E-state index in [1.54, 1.807) is 13.8 Å². The van der Waals surface area contributed by atoms with Gasteiger partial charge in [-0.1, -0.05) is 6.92 Å². The molecule has 0 saturated carbocycles. The zero-order valence-electron chi connectivity index (χ0n) is 9.05. The molecule has 0 radical (unpaired) electrons. The lowest BCUT2D eigenvalue weighted by atomic mass is 10.1. The summed E-state index contributed by atoms with van der Waals surface area (Å²) in [6.07, 6.45) is 0.490. The minimum Gasteiger partial charge on any atom is -0.500 e. The molecular weight excluding hydrogens is 184 g/mol. The van der Waals surface area contributed by atoms with Crippen LogP contribution in [0.15, 0.2) is 11.3 Å². The van der Waals surface area contributed by atoms with Crippen molar-refractivity contribution in [3.8, 4) is 0 Å². The van der Waals surface area contributed by atoms with Crippen LogP contribution in [0.25, 0.3) is 0 Å². The van der Waals surface area contributed by atoms with Crippen LogP contribution >= 0.6 is 0 Å². The summed E-state index contributed by atoms with van der Waals surface area (Å²) in [5.74, 6) is -0.572. The normalized spacial score (nSPS) is 11.7. The number of hydrogen-bond acceptors (Lipinski definition) is 4. The van der Waals surface area contributed by atoms with Crippen molar-refractivity contribution in [3.63, 3.8) is 0 Å². The van der Waals surface area contributed by atoms with E-state index in [2.05, 4.69) is 0 Å². The number of ether oxygens (including phenoxy) is 2. The van der Waals surface area contributed by atoms with Crippen LogP contribution in [0.4, 0.5) is 0 Å². The number of carbonyl (C=O) groups is 2. The molecule has 0 bridgehead atoms. The molecule has 80 valence electrons. The van der Waals surface area contributed by atoms with E-state index < -0.39 is 5.97 Å². The fourth-order valence-corrected chi connectivity index (χ4v) is 1.08. The Bertz CT molecular complexity index is 247. The predicted octanol–water partition coefficient (Wildman–Crippen LogP) is 1.45. The molecule has 0 atom stereocenters. The number of carbonyl (C=O) groups excluding carboxylic acids is 2. The third-order valence-electron chi connectivity index (χ3n) is 1.68. The van der Waals surface area contributed by atoms with E-state index >= 15 is 0 Å². The Hall–Kier alpha value is -1.32. The fourth-order valence-electron chi connectivity index (χ4n) is 1.08. The quantitative estimate of drug-likeness (QED) is 0.221. The third kappa shape index (κ3) is 3.20. The molecule has 0 fully saturated rings. The van der Waals surface area contributed by atoms with Crippen LogP contribution in [0.5, 0.6) is 0 Å². The van der Waals surface area contributed by atoms with Gasteiger partial charge in [-0.05, 0) is 13.8 Å². The molecule has 0 heterocycles. The monoisotopic (exact) mass is 200 g/mol. The van der Waals surface area contributed by atoms with Gasteiger partial charge in [0.25, 0.3) is 0 Å². The molecule has 0 rings (SSSR count). The number of esters is 1. The molecular formula is C10H16O4.